The number of hydrogen-bond acceptors (Lipinski definition) is 3. The molecule has 0 unspecified atom stereocenters. The molecular formula is C7H7F3N4O. The Morgan fingerprint density at radius 1 is 1.47 bits per heavy atom. The summed E-state index contributed by atoms with van der Waals surface area (Å²) in [6, 6.07) is 1.85. The summed E-state index contributed by atoms with van der Waals surface area (Å²) in [6.07, 6.45) is -3.59. The highest BCUT2D eigenvalue weighted by molar-refractivity contribution is 5.79. The van der Waals surface area contributed by atoms with Crippen LogP contribution in [-0.2, 0) is 6.18 Å². The summed E-state index contributed by atoms with van der Waals surface area (Å²) >= 11 is 0. The van der Waals surface area contributed by atoms with Crippen molar-refractivity contribution >= 4 is 11.6 Å². The molecule has 0 radical (unpaired) electrons. The molecule has 1 rings (SSSR count). The lowest BCUT2D eigenvalue weighted by Crippen LogP contribution is -2.27. The van der Waals surface area contributed by atoms with E-state index < -0.39 is 11.9 Å². The lowest BCUT2D eigenvalue weighted by atomic mass is 10.3. The fourth-order valence-corrected chi connectivity index (χ4v) is 0.784. The molecule has 1 heterocycles. The molecule has 0 aliphatic rings. The predicted octanol–water partition coefficient (Wildman–Crippen LogP) is 1.03. The van der Waals surface area contributed by atoms with Gasteiger partial charge in [-0.1, -0.05) is 0 Å². The van der Waals surface area contributed by atoms with Crippen LogP contribution >= 0.6 is 0 Å². The second-order valence-electron chi connectivity index (χ2n) is 2.51. The number of alkyl halides is 3. The molecule has 0 aromatic carbocycles. The van der Waals surface area contributed by atoms with Gasteiger partial charge in [0.15, 0.2) is 0 Å². The summed E-state index contributed by atoms with van der Waals surface area (Å²) in [6.45, 7) is 0. The fourth-order valence-electron chi connectivity index (χ4n) is 0.784. The highest BCUT2D eigenvalue weighted by atomic mass is 19.4. The Hall–Kier alpha value is -1.83. The summed E-state index contributed by atoms with van der Waals surface area (Å²) in [4.78, 5) is 6.64. The van der Waals surface area contributed by atoms with Gasteiger partial charge in [-0.25, -0.2) is 15.5 Å². The fraction of sp³-hybridized carbons (Fsp3) is 0.143. The van der Waals surface area contributed by atoms with E-state index in [1.54, 1.807) is 0 Å². The van der Waals surface area contributed by atoms with E-state index in [4.69, 9.17) is 10.9 Å². The summed E-state index contributed by atoms with van der Waals surface area (Å²) < 4.78 is 36.2. The number of nitrogens with two attached hydrogens (primary N) is 1. The lowest BCUT2D eigenvalue weighted by Gasteiger charge is -2.04. The lowest BCUT2D eigenvalue weighted by molar-refractivity contribution is -0.141. The molecule has 0 atom stereocenters. The van der Waals surface area contributed by atoms with E-state index in [1.807, 2.05) is 0 Å². The molecule has 82 valence electrons. The van der Waals surface area contributed by atoms with Crippen molar-refractivity contribution in [3.05, 3.63) is 24.0 Å². The average Bonchev–Trinajstić information content (AvgIpc) is 2.17. The zero-order chi connectivity index (χ0) is 11.5. The van der Waals surface area contributed by atoms with Crippen molar-refractivity contribution < 1.29 is 18.4 Å². The van der Waals surface area contributed by atoms with Crippen molar-refractivity contribution in [3.63, 3.8) is 0 Å². The smallest absolute Gasteiger partial charge is 0.368 e. The Kier molecular flexibility index (Phi) is 3.10. The number of nitrogens with one attached hydrogen (secondary N) is 1. The minimum absolute atomic E-state index is 0.0991. The number of hydrogen-bond donors (Lipinski definition) is 3. The van der Waals surface area contributed by atoms with Crippen molar-refractivity contribution in [2.24, 2.45) is 10.7 Å². The van der Waals surface area contributed by atoms with Gasteiger partial charge in [0, 0.05) is 0 Å². The van der Waals surface area contributed by atoms with Gasteiger partial charge in [-0.15, -0.1) is 0 Å². The molecule has 1 aromatic rings. The second kappa shape index (κ2) is 4.13. The highest BCUT2D eigenvalue weighted by Gasteiger charge is 2.31. The van der Waals surface area contributed by atoms with Crippen LogP contribution in [0.25, 0.3) is 0 Å². The first kappa shape index (κ1) is 11.2. The number of guanidine groups is 1. The third-order valence-electron chi connectivity index (χ3n) is 1.40. The monoisotopic (exact) mass is 220 g/mol. The summed E-state index contributed by atoms with van der Waals surface area (Å²) in [7, 11) is 0. The molecule has 0 spiro atoms. The molecule has 0 saturated carbocycles. The first-order chi connectivity index (χ1) is 6.93. The minimum Gasteiger partial charge on any atom is -0.368 e. The van der Waals surface area contributed by atoms with Gasteiger partial charge in [-0.3, -0.25) is 5.21 Å². The van der Waals surface area contributed by atoms with E-state index in [1.165, 1.54) is 5.48 Å². The Morgan fingerprint density at radius 2 is 2.13 bits per heavy atom. The van der Waals surface area contributed by atoms with Gasteiger partial charge in [0.1, 0.15) is 5.69 Å². The van der Waals surface area contributed by atoms with Gasteiger partial charge in [-0.2, -0.15) is 13.2 Å². The van der Waals surface area contributed by atoms with Crippen LogP contribution in [0, 0.1) is 0 Å². The molecule has 0 amide bonds. The standard InChI is InChI=1S/C7H7F3N4O/c8-7(9,10)5-2-1-4(3-12-5)13-6(11)14-15/h1-3,15H,(H3,11,13,14). The van der Waals surface area contributed by atoms with Crippen molar-refractivity contribution in [1.29, 1.82) is 0 Å². The van der Waals surface area contributed by atoms with Crippen molar-refractivity contribution in [3.8, 4) is 0 Å². The van der Waals surface area contributed by atoms with E-state index in [2.05, 4.69) is 9.98 Å². The number of hydroxylamine groups is 1. The van der Waals surface area contributed by atoms with Crippen LogP contribution in [-0.4, -0.2) is 16.2 Å². The van der Waals surface area contributed by atoms with Crippen LogP contribution in [0.1, 0.15) is 5.69 Å². The molecule has 0 aliphatic carbocycles. The largest absolute Gasteiger partial charge is 0.433 e. The van der Waals surface area contributed by atoms with Gasteiger partial charge in [0.05, 0.1) is 11.9 Å². The van der Waals surface area contributed by atoms with Gasteiger partial charge >= 0.3 is 6.18 Å². The van der Waals surface area contributed by atoms with Crippen molar-refractivity contribution in [2.75, 3.05) is 0 Å². The van der Waals surface area contributed by atoms with Crippen molar-refractivity contribution in [2.45, 2.75) is 6.18 Å². The molecule has 0 bridgehead atoms. The van der Waals surface area contributed by atoms with Gasteiger partial charge in [-0.05, 0) is 12.1 Å². The number of aromatic nitrogens is 1. The van der Waals surface area contributed by atoms with Crippen LogP contribution in [0.2, 0.25) is 0 Å². The molecule has 5 nitrogen and oxygen atoms in total. The van der Waals surface area contributed by atoms with Crippen LogP contribution in [0.15, 0.2) is 23.3 Å². The van der Waals surface area contributed by atoms with E-state index in [-0.39, 0.29) is 11.6 Å². The number of pyridine rings is 1. The van der Waals surface area contributed by atoms with E-state index in [0.717, 1.165) is 18.3 Å². The summed E-state index contributed by atoms with van der Waals surface area (Å²) in [5, 5.41) is 8.27. The van der Waals surface area contributed by atoms with E-state index >= 15 is 0 Å². The predicted molar refractivity (Wildman–Crippen MR) is 45.4 cm³/mol. The van der Waals surface area contributed by atoms with Gasteiger partial charge in [0.2, 0.25) is 5.96 Å². The van der Waals surface area contributed by atoms with Crippen LogP contribution in [0.4, 0.5) is 18.9 Å². The van der Waals surface area contributed by atoms with Crippen LogP contribution in [0.5, 0.6) is 0 Å². The maximum absolute atomic E-state index is 12.1. The molecular weight excluding hydrogens is 213 g/mol. The Bertz CT molecular complexity index is 359. The highest BCUT2D eigenvalue weighted by Crippen LogP contribution is 2.28. The maximum atomic E-state index is 12.1. The van der Waals surface area contributed by atoms with E-state index in [9.17, 15) is 13.2 Å². The molecule has 4 N–H and O–H groups in total. The zero-order valence-electron chi connectivity index (χ0n) is 7.28. The third kappa shape index (κ3) is 3.09. The maximum Gasteiger partial charge on any atom is 0.433 e. The minimum atomic E-state index is -4.48. The first-order valence-electron chi connectivity index (χ1n) is 3.71. The number of halogens is 3. The molecule has 0 saturated heterocycles. The summed E-state index contributed by atoms with van der Waals surface area (Å²) in [5.41, 5.74) is 5.69. The Labute approximate surface area is 82.4 Å². The number of rotatable bonds is 1. The third-order valence-corrected chi connectivity index (χ3v) is 1.40. The molecule has 0 fully saturated rings. The molecule has 0 aliphatic heterocycles. The number of aliphatic imine (C=N–C) groups is 1. The quantitative estimate of drug-likeness (QED) is 0.375. The zero-order valence-corrected chi connectivity index (χ0v) is 7.28. The van der Waals surface area contributed by atoms with Gasteiger partial charge < -0.3 is 5.73 Å². The van der Waals surface area contributed by atoms with Crippen LogP contribution < -0.4 is 11.2 Å². The second-order valence-corrected chi connectivity index (χ2v) is 2.51. The van der Waals surface area contributed by atoms with Crippen molar-refractivity contribution in [1.82, 2.24) is 10.5 Å². The topological polar surface area (TPSA) is 83.5 Å². The average molecular weight is 220 g/mol. The Balaban J connectivity index is 2.91. The van der Waals surface area contributed by atoms with Gasteiger partial charge in [0.25, 0.3) is 0 Å². The summed E-state index contributed by atoms with van der Waals surface area (Å²) in [5.74, 6) is -0.337. The van der Waals surface area contributed by atoms with E-state index in [0.29, 0.717) is 0 Å². The Morgan fingerprint density at radius 3 is 2.53 bits per heavy atom. The number of nitrogens with zero attached hydrogens (tertiary/aromatic N) is 2. The molecule has 15 heavy (non-hydrogen) atoms. The van der Waals surface area contributed by atoms with Crippen LogP contribution in [0.3, 0.4) is 0 Å². The normalized spacial score (nSPS) is 12.7. The first-order valence-corrected chi connectivity index (χ1v) is 3.71. The molecule has 8 heteroatoms. The SMILES string of the molecule is NC(=Nc1ccc(C(F)(F)F)nc1)NO. The molecule has 1 aromatic heterocycles.